The molecule has 0 saturated heterocycles. The lowest BCUT2D eigenvalue weighted by Crippen LogP contribution is -2.05. The molecule has 0 bridgehead atoms. The van der Waals surface area contributed by atoms with Crippen molar-refractivity contribution in [3.05, 3.63) is 50.7 Å². The van der Waals surface area contributed by atoms with Gasteiger partial charge in [0.15, 0.2) is 0 Å². The Morgan fingerprint density at radius 2 is 1.84 bits per heavy atom. The van der Waals surface area contributed by atoms with Gasteiger partial charge in [0.1, 0.15) is 0 Å². The maximum atomic E-state index is 10.3. The van der Waals surface area contributed by atoms with E-state index in [0.717, 1.165) is 20.2 Å². The SMILES string of the molecule is CC(C)n1ccc(CC(O)c2cc(Br)cc(Br)c2)n1. The second-order valence-corrected chi connectivity index (χ2v) is 6.63. The number of aliphatic hydroxyl groups excluding tert-OH is 1. The summed E-state index contributed by atoms with van der Waals surface area (Å²) in [6, 6.07) is 8.09. The van der Waals surface area contributed by atoms with E-state index >= 15 is 0 Å². The number of halogens is 2. The van der Waals surface area contributed by atoms with Gasteiger partial charge in [0.25, 0.3) is 0 Å². The van der Waals surface area contributed by atoms with E-state index in [1.165, 1.54) is 0 Å². The average molecular weight is 388 g/mol. The van der Waals surface area contributed by atoms with E-state index in [2.05, 4.69) is 50.8 Å². The standard InChI is InChI=1S/C14H16Br2N2O/c1-9(2)18-4-3-13(17-18)8-14(19)10-5-11(15)7-12(16)6-10/h3-7,9,14,19H,8H2,1-2H3. The van der Waals surface area contributed by atoms with Gasteiger partial charge in [-0.05, 0) is 43.7 Å². The highest BCUT2D eigenvalue weighted by molar-refractivity contribution is 9.11. The fraction of sp³-hybridized carbons (Fsp3) is 0.357. The molecule has 0 fully saturated rings. The predicted molar refractivity (Wildman–Crippen MR) is 83.1 cm³/mol. The third-order valence-corrected chi connectivity index (χ3v) is 3.78. The molecule has 0 aliphatic rings. The summed E-state index contributed by atoms with van der Waals surface area (Å²) in [5.74, 6) is 0. The lowest BCUT2D eigenvalue weighted by atomic mass is 10.1. The summed E-state index contributed by atoms with van der Waals surface area (Å²) in [7, 11) is 0. The van der Waals surface area contributed by atoms with Crippen LogP contribution in [0.5, 0.6) is 0 Å². The Kier molecular flexibility index (Phi) is 4.81. The molecule has 0 radical (unpaired) electrons. The van der Waals surface area contributed by atoms with Gasteiger partial charge < -0.3 is 5.11 Å². The van der Waals surface area contributed by atoms with Crippen LogP contribution in [0.15, 0.2) is 39.4 Å². The molecular weight excluding hydrogens is 372 g/mol. The maximum absolute atomic E-state index is 10.3. The number of rotatable bonds is 4. The number of benzene rings is 1. The predicted octanol–water partition coefficient (Wildman–Crippen LogP) is 4.27. The summed E-state index contributed by atoms with van der Waals surface area (Å²) in [6.45, 7) is 4.16. The van der Waals surface area contributed by atoms with Crippen LogP contribution >= 0.6 is 31.9 Å². The van der Waals surface area contributed by atoms with Crippen LogP contribution in [0.3, 0.4) is 0 Å². The van der Waals surface area contributed by atoms with Crippen LogP contribution in [0.1, 0.15) is 37.3 Å². The van der Waals surface area contributed by atoms with Gasteiger partial charge >= 0.3 is 0 Å². The smallest absolute Gasteiger partial charge is 0.0846 e. The summed E-state index contributed by atoms with van der Waals surface area (Å²) in [5, 5.41) is 14.7. The Balaban J connectivity index is 2.13. The zero-order chi connectivity index (χ0) is 14.0. The quantitative estimate of drug-likeness (QED) is 0.850. The zero-order valence-corrected chi connectivity index (χ0v) is 14.0. The first kappa shape index (κ1) is 14.8. The average Bonchev–Trinajstić information content (AvgIpc) is 2.76. The van der Waals surface area contributed by atoms with Crippen molar-refractivity contribution in [3.63, 3.8) is 0 Å². The summed E-state index contributed by atoms with van der Waals surface area (Å²) in [5.41, 5.74) is 1.78. The molecule has 0 saturated carbocycles. The van der Waals surface area contributed by atoms with Crippen molar-refractivity contribution in [2.45, 2.75) is 32.4 Å². The van der Waals surface area contributed by atoms with Gasteiger partial charge in [-0.2, -0.15) is 5.10 Å². The maximum Gasteiger partial charge on any atom is 0.0846 e. The van der Waals surface area contributed by atoms with E-state index in [9.17, 15) is 5.11 Å². The highest BCUT2D eigenvalue weighted by Crippen LogP contribution is 2.26. The minimum Gasteiger partial charge on any atom is -0.388 e. The molecule has 0 aliphatic heterocycles. The Bertz CT molecular complexity index is 546. The van der Waals surface area contributed by atoms with Crippen LogP contribution in [0, 0.1) is 0 Å². The van der Waals surface area contributed by atoms with Crippen molar-refractivity contribution >= 4 is 31.9 Å². The largest absolute Gasteiger partial charge is 0.388 e. The lowest BCUT2D eigenvalue weighted by molar-refractivity contribution is 0.176. The molecule has 3 nitrogen and oxygen atoms in total. The van der Waals surface area contributed by atoms with Crippen LogP contribution < -0.4 is 0 Å². The minimum absolute atomic E-state index is 0.339. The Morgan fingerprint density at radius 3 is 2.37 bits per heavy atom. The van der Waals surface area contributed by atoms with Crippen molar-refractivity contribution in [2.24, 2.45) is 0 Å². The lowest BCUT2D eigenvalue weighted by Gasteiger charge is -2.11. The molecule has 1 aromatic heterocycles. The molecule has 2 aromatic rings. The molecule has 0 aliphatic carbocycles. The van der Waals surface area contributed by atoms with E-state index in [1.807, 2.05) is 35.1 Å². The van der Waals surface area contributed by atoms with Crippen molar-refractivity contribution < 1.29 is 5.11 Å². The fourth-order valence-electron chi connectivity index (χ4n) is 1.86. The highest BCUT2D eigenvalue weighted by atomic mass is 79.9. The topological polar surface area (TPSA) is 38.0 Å². The Labute approximate surface area is 129 Å². The van der Waals surface area contributed by atoms with Crippen molar-refractivity contribution in [2.75, 3.05) is 0 Å². The van der Waals surface area contributed by atoms with Crippen LogP contribution in [-0.2, 0) is 6.42 Å². The molecule has 1 N–H and O–H groups in total. The number of hydrogen-bond donors (Lipinski definition) is 1. The molecule has 0 spiro atoms. The highest BCUT2D eigenvalue weighted by Gasteiger charge is 2.12. The minimum atomic E-state index is -0.552. The van der Waals surface area contributed by atoms with E-state index in [-0.39, 0.29) is 0 Å². The molecule has 19 heavy (non-hydrogen) atoms. The molecule has 5 heteroatoms. The molecule has 1 aromatic carbocycles. The van der Waals surface area contributed by atoms with Gasteiger partial charge in [-0.3, -0.25) is 4.68 Å². The van der Waals surface area contributed by atoms with Gasteiger partial charge in [-0.15, -0.1) is 0 Å². The van der Waals surface area contributed by atoms with Crippen molar-refractivity contribution in [1.29, 1.82) is 0 Å². The van der Waals surface area contributed by atoms with E-state index in [0.29, 0.717) is 12.5 Å². The number of aliphatic hydroxyl groups is 1. The summed E-state index contributed by atoms with van der Waals surface area (Å²) >= 11 is 6.86. The number of hydrogen-bond acceptors (Lipinski definition) is 2. The second kappa shape index (κ2) is 6.20. The molecular formula is C14H16Br2N2O. The molecule has 1 atom stereocenters. The van der Waals surface area contributed by atoms with Gasteiger partial charge in [-0.1, -0.05) is 31.9 Å². The first-order chi connectivity index (χ1) is 8.95. The normalized spacial score (nSPS) is 12.9. The van der Waals surface area contributed by atoms with Crippen molar-refractivity contribution in [1.82, 2.24) is 9.78 Å². The summed E-state index contributed by atoms with van der Waals surface area (Å²) in [6.07, 6.45) is 1.91. The van der Waals surface area contributed by atoms with Crippen molar-refractivity contribution in [3.8, 4) is 0 Å². The Hall–Kier alpha value is -0.650. The fourth-order valence-corrected chi connectivity index (χ4v) is 3.19. The van der Waals surface area contributed by atoms with Gasteiger partial charge in [0.2, 0.25) is 0 Å². The summed E-state index contributed by atoms with van der Waals surface area (Å²) in [4.78, 5) is 0. The second-order valence-electron chi connectivity index (χ2n) is 4.80. The van der Waals surface area contributed by atoms with E-state index in [1.54, 1.807) is 0 Å². The molecule has 102 valence electrons. The summed E-state index contributed by atoms with van der Waals surface area (Å²) < 4.78 is 3.80. The monoisotopic (exact) mass is 386 g/mol. The van der Waals surface area contributed by atoms with Crippen LogP contribution in [0.2, 0.25) is 0 Å². The van der Waals surface area contributed by atoms with Crippen LogP contribution in [0.25, 0.3) is 0 Å². The molecule has 2 rings (SSSR count). The van der Waals surface area contributed by atoms with Gasteiger partial charge in [0.05, 0.1) is 11.8 Å². The first-order valence-electron chi connectivity index (χ1n) is 6.14. The first-order valence-corrected chi connectivity index (χ1v) is 7.72. The third kappa shape index (κ3) is 3.91. The van der Waals surface area contributed by atoms with Crippen LogP contribution in [-0.4, -0.2) is 14.9 Å². The zero-order valence-electron chi connectivity index (χ0n) is 10.8. The van der Waals surface area contributed by atoms with Crippen LogP contribution in [0.4, 0.5) is 0 Å². The van der Waals surface area contributed by atoms with Gasteiger partial charge in [-0.25, -0.2) is 0 Å². The molecule has 1 unspecified atom stereocenters. The number of nitrogens with zero attached hydrogens (tertiary/aromatic N) is 2. The molecule has 1 heterocycles. The number of aromatic nitrogens is 2. The van der Waals surface area contributed by atoms with E-state index in [4.69, 9.17) is 0 Å². The molecule has 0 amide bonds. The third-order valence-electron chi connectivity index (χ3n) is 2.86. The Morgan fingerprint density at radius 1 is 1.21 bits per heavy atom. The van der Waals surface area contributed by atoms with E-state index < -0.39 is 6.10 Å². The van der Waals surface area contributed by atoms with Gasteiger partial charge in [0, 0.05) is 27.6 Å².